The van der Waals surface area contributed by atoms with Crippen LogP contribution in [-0.2, 0) is 6.18 Å². The number of hydrogen-bond acceptors (Lipinski definition) is 5. The summed E-state index contributed by atoms with van der Waals surface area (Å²) in [5.41, 5.74) is 0.674. The number of halogens is 4. The first-order chi connectivity index (χ1) is 13.2. The van der Waals surface area contributed by atoms with Crippen molar-refractivity contribution in [1.82, 2.24) is 9.88 Å². The van der Waals surface area contributed by atoms with Crippen molar-refractivity contribution in [3.8, 4) is 0 Å². The van der Waals surface area contributed by atoms with Crippen molar-refractivity contribution >= 4 is 34.6 Å². The van der Waals surface area contributed by atoms with Gasteiger partial charge in [0.05, 0.1) is 5.56 Å². The predicted molar refractivity (Wildman–Crippen MR) is 95.4 cm³/mol. The van der Waals surface area contributed by atoms with Crippen molar-refractivity contribution in [3.63, 3.8) is 0 Å². The lowest BCUT2D eigenvalue weighted by atomic mass is 10.2. The van der Waals surface area contributed by atoms with E-state index in [1.807, 2.05) is 0 Å². The van der Waals surface area contributed by atoms with E-state index in [2.05, 4.69) is 10.3 Å². The Morgan fingerprint density at radius 2 is 2.11 bits per heavy atom. The van der Waals surface area contributed by atoms with Crippen molar-refractivity contribution < 1.29 is 26.8 Å². The fourth-order valence-electron chi connectivity index (χ4n) is 3.25. The van der Waals surface area contributed by atoms with Crippen LogP contribution in [0.3, 0.4) is 0 Å². The Morgan fingerprint density at radius 3 is 2.86 bits per heavy atom. The number of amides is 1. The number of alkyl halides is 3. The molecule has 1 N–H and O–H groups in total. The molecule has 4 rings (SSSR count). The van der Waals surface area contributed by atoms with Crippen molar-refractivity contribution in [2.24, 2.45) is 0 Å². The largest absolute Gasteiger partial charge is 0.456 e. The number of oxazole rings is 1. The standard InChI is InChI=1S/C18H15ClF3N3O3/c1-9-6-12(15(27-9)18(20,21)22)16(26)25-5-4-11(8-25)23-17-24-13-3-2-10(19)7-14(13)28-17/h2-3,6-7,11H,4-5,8H2,1H3,(H,23,24)/t11-/m1/s1. The lowest BCUT2D eigenvalue weighted by Crippen LogP contribution is -2.32. The number of fused-ring (bicyclic) bond motifs is 1. The summed E-state index contributed by atoms with van der Waals surface area (Å²) >= 11 is 5.92. The number of nitrogens with zero attached hydrogens (tertiary/aromatic N) is 2. The van der Waals surface area contributed by atoms with Gasteiger partial charge in [-0.15, -0.1) is 0 Å². The molecule has 1 saturated heterocycles. The maximum atomic E-state index is 13.1. The van der Waals surface area contributed by atoms with Crippen molar-refractivity contribution in [2.45, 2.75) is 25.6 Å². The number of nitrogens with one attached hydrogen (secondary N) is 1. The second-order valence-electron chi connectivity index (χ2n) is 6.61. The highest BCUT2D eigenvalue weighted by Crippen LogP contribution is 2.35. The molecule has 0 aliphatic carbocycles. The molecular weight excluding hydrogens is 399 g/mol. The zero-order chi connectivity index (χ0) is 20.1. The maximum Gasteiger partial charge on any atom is 0.450 e. The summed E-state index contributed by atoms with van der Waals surface area (Å²) in [6.07, 6.45) is -4.18. The lowest BCUT2D eigenvalue weighted by molar-refractivity contribution is -0.153. The first-order valence-corrected chi connectivity index (χ1v) is 8.88. The molecular formula is C18H15ClF3N3O3. The van der Waals surface area contributed by atoms with Crippen LogP contribution in [-0.4, -0.2) is 34.9 Å². The van der Waals surface area contributed by atoms with Gasteiger partial charge >= 0.3 is 6.18 Å². The highest BCUT2D eigenvalue weighted by molar-refractivity contribution is 6.31. The van der Waals surface area contributed by atoms with Crippen LogP contribution in [0, 0.1) is 6.92 Å². The van der Waals surface area contributed by atoms with Gasteiger partial charge in [-0.05, 0) is 31.5 Å². The van der Waals surface area contributed by atoms with E-state index in [0.29, 0.717) is 29.1 Å². The van der Waals surface area contributed by atoms with E-state index >= 15 is 0 Å². The first-order valence-electron chi connectivity index (χ1n) is 8.50. The zero-order valence-corrected chi connectivity index (χ0v) is 15.4. The normalized spacial score (nSPS) is 17.5. The third-order valence-electron chi connectivity index (χ3n) is 4.50. The van der Waals surface area contributed by atoms with Gasteiger partial charge < -0.3 is 19.1 Å². The summed E-state index contributed by atoms with van der Waals surface area (Å²) in [5, 5.41) is 3.59. The Labute approximate surface area is 162 Å². The number of benzene rings is 1. The number of aromatic nitrogens is 1. The minimum Gasteiger partial charge on any atom is -0.456 e. The SMILES string of the molecule is Cc1cc(C(=O)N2CC[C@@H](Nc3nc4ccc(Cl)cc4o3)C2)c(C(F)(F)F)o1. The third-order valence-corrected chi connectivity index (χ3v) is 4.73. The van der Waals surface area contributed by atoms with E-state index in [-0.39, 0.29) is 24.4 Å². The number of hydrogen-bond donors (Lipinski definition) is 1. The Bertz CT molecular complexity index is 1040. The Morgan fingerprint density at radius 1 is 1.32 bits per heavy atom. The van der Waals surface area contributed by atoms with Crippen LogP contribution in [0.1, 0.15) is 28.3 Å². The molecule has 2 aromatic heterocycles. The fourth-order valence-corrected chi connectivity index (χ4v) is 3.41. The molecule has 1 amide bonds. The average Bonchev–Trinajstić information content (AvgIpc) is 3.31. The van der Waals surface area contributed by atoms with Crippen molar-refractivity contribution in [3.05, 3.63) is 46.4 Å². The minimum absolute atomic E-state index is 0.0367. The number of carbonyl (C=O) groups excluding carboxylic acids is 1. The Hall–Kier alpha value is -2.68. The van der Waals surface area contributed by atoms with Gasteiger partial charge in [-0.2, -0.15) is 18.2 Å². The molecule has 1 aromatic carbocycles. The van der Waals surface area contributed by atoms with Crippen molar-refractivity contribution in [2.75, 3.05) is 18.4 Å². The van der Waals surface area contributed by atoms with Gasteiger partial charge in [-0.1, -0.05) is 11.6 Å². The number of aryl methyl sites for hydroxylation is 1. The van der Waals surface area contributed by atoms with Gasteiger partial charge in [-0.3, -0.25) is 4.79 Å². The van der Waals surface area contributed by atoms with Crippen LogP contribution in [0.4, 0.5) is 19.2 Å². The lowest BCUT2D eigenvalue weighted by Gasteiger charge is -2.17. The highest BCUT2D eigenvalue weighted by Gasteiger charge is 2.41. The van der Waals surface area contributed by atoms with Gasteiger partial charge in [0.1, 0.15) is 11.3 Å². The molecule has 0 radical (unpaired) electrons. The van der Waals surface area contributed by atoms with Gasteiger partial charge in [-0.25, -0.2) is 0 Å². The molecule has 28 heavy (non-hydrogen) atoms. The van der Waals surface area contributed by atoms with E-state index in [1.165, 1.54) is 11.8 Å². The van der Waals surface area contributed by atoms with Crippen LogP contribution in [0.25, 0.3) is 11.1 Å². The van der Waals surface area contributed by atoms with Crippen LogP contribution in [0.15, 0.2) is 33.1 Å². The molecule has 0 spiro atoms. The number of anilines is 1. The van der Waals surface area contributed by atoms with Crippen LogP contribution in [0.2, 0.25) is 5.02 Å². The van der Waals surface area contributed by atoms with Gasteiger partial charge in [0, 0.05) is 30.2 Å². The molecule has 0 unspecified atom stereocenters. The van der Waals surface area contributed by atoms with Gasteiger partial charge in [0.2, 0.25) is 5.76 Å². The maximum absolute atomic E-state index is 13.1. The molecule has 6 nitrogen and oxygen atoms in total. The van der Waals surface area contributed by atoms with E-state index in [0.717, 1.165) is 6.07 Å². The number of rotatable bonds is 3. The summed E-state index contributed by atoms with van der Waals surface area (Å²) in [6, 6.07) is 6.24. The van der Waals surface area contributed by atoms with Gasteiger partial charge in [0.25, 0.3) is 11.9 Å². The molecule has 148 valence electrons. The number of carbonyl (C=O) groups is 1. The highest BCUT2D eigenvalue weighted by atomic mass is 35.5. The van der Waals surface area contributed by atoms with E-state index in [9.17, 15) is 18.0 Å². The quantitative estimate of drug-likeness (QED) is 0.672. The molecule has 0 saturated carbocycles. The fraction of sp³-hybridized carbons (Fsp3) is 0.333. The second kappa shape index (κ2) is 6.73. The first kappa shape index (κ1) is 18.7. The second-order valence-corrected chi connectivity index (χ2v) is 7.05. The van der Waals surface area contributed by atoms with Crippen LogP contribution in [0.5, 0.6) is 0 Å². The monoisotopic (exact) mass is 413 g/mol. The third kappa shape index (κ3) is 3.54. The smallest absolute Gasteiger partial charge is 0.450 e. The Kier molecular flexibility index (Phi) is 4.49. The van der Waals surface area contributed by atoms with E-state index in [1.54, 1.807) is 18.2 Å². The van der Waals surface area contributed by atoms with Crippen molar-refractivity contribution in [1.29, 1.82) is 0 Å². The molecule has 1 atom stereocenters. The minimum atomic E-state index is -4.73. The molecule has 1 fully saturated rings. The molecule has 0 bridgehead atoms. The summed E-state index contributed by atoms with van der Waals surface area (Å²) < 4.78 is 49.6. The summed E-state index contributed by atoms with van der Waals surface area (Å²) in [4.78, 5) is 18.2. The summed E-state index contributed by atoms with van der Waals surface area (Å²) in [7, 11) is 0. The summed E-state index contributed by atoms with van der Waals surface area (Å²) in [5.74, 6) is -1.94. The molecule has 1 aliphatic heterocycles. The number of likely N-dealkylation sites (tertiary alicyclic amines) is 1. The van der Waals surface area contributed by atoms with Gasteiger partial charge in [0.15, 0.2) is 5.58 Å². The van der Waals surface area contributed by atoms with E-state index in [4.69, 9.17) is 20.4 Å². The molecule has 10 heteroatoms. The number of furan rings is 1. The predicted octanol–water partition coefficient (Wildman–Crippen LogP) is 4.73. The Balaban J connectivity index is 1.47. The molecule has 3 aromatic rings. The summed E-state index contributed by atoms with van der Waals surface area (Å²) in [6.45, 7) is 1.91. The molecule has 1 aliphatic rings. The topological polar surface area (TPSA) is 71.5 Å². The average molecular weight is 414 g/mol. The zero-order valence-electron chi connectivity index (χ0n) is 14.6. The van der Waals surface area contributed by atoms with Crippen LogP contribution < -0.4 is 5.32 Å². The van der Waals surface area contributed by atoms with E-state index < -0.39 is 23.4 Å². The molecule has 3 heterocycles. The van der Waals surface area contributed by atoms with Crippen LogP contribution >= 0.6 is 11.6 Å².